The molecule has 1 unspecified atom stereocenters. The van der Waals surface area contributed by atoms with Gasteiger partial charge in [0.1, 0.15) is 11.5 Å². The Bertz CT molecular complexity index is 270. The molecular formula is C9H15NO5. The molecule has 0 aromatic carbocycles. The van der Waals surface area contributed by atoms with Gasteiger partial charge in [-0.25, -0.2) is 4.79 Å². The summed E-state index contributed by atoms with van der Waals surface area (Å²) in [6, 6.07) is 0. The molecule has 0 bridgehead atoms. The number of carbonyl (C=O) groups excluding carboxylic acids is 1. The van der Waals surface area contributed by atoms with Gasteiger partial charge in [0, 0.05) is 0 Å². The van der Waals surface area contributed by atoms with Gasteiger partial charge < -0.3 is 9.84 Å². The number of rotatable bonds is 1. The van der Waals surface area contributed by atoms with Gasteiger partial charge in [-0.1, -0.05) is 0 Å². The number of hydrogen-bond donors (Lipinski definition) is 1. The number of amides is 1. The lowest BCUT2D eigenvalue weighted by atomic mass is 10.2. The van der Waals surface area contributed by atoms with Crippen LogP contribution in [0.3, 0.4) is 0 Å². The molecule has 15 heavy (non-hydrogen) atoms. The van der Waals surface area contributed by atoms with Crippen molar-refractivity contribution >= 4 is 12.1 Å². The molecule has 1 aliphatic heterocycles. The molecule has 1 heterocycles. The zero-order valence-corrected chi connectivity index (χ0v) is 9.02. The molecule has 1 aliphatic rings. The number of hydroxylamine groups is 2. The van der Waals surface area contributed by atoms with Crippen molar-refractivity contribution < 1.29 is 24.3 Å². The molecule has 86 valence electrons. The monoisotopic (exact) mass is 217 g/mol. The van der Waals surface area contributed by atoms with Crippen molar-refractivity contribution in [2.45, 2.75) is 26.4 Å². The summed E-state index contributed by atoms with van der Waals surface area (Å²) < 4.78 is 5.02. The second-order valence-electron chi connectivity index (χ2n) is 4.37. The summed E-state index contributed by atoms with van der Waals surface area (Å²) in [5.74, 6) is -1.64. The molecule has 0 radical (unpaired) electrons. The minimum atomic E-state index is -0.971. The lowest BCUT2D eigenvalue weighted by Crippen LogP contribution is -2.35. The Balaban J connectivity index is 2.47. The van der Waals surface area contributed by atoms with Gasteiger partial charge in [0.15, 0.2) is 0 Å². The average molecular weight is 217 g/mol. The molecule has 1 rings (SSSR count). The third-order valence-corrected chi connectivity index (χ3v) is 1.76. The fourth-order valence-electron chi connectivity index (χ4n) is 1.07. The van der Waals surface area contributed by atoms with Crippen molar-refractivity contribution in [1.29, 1.82) is 0 Å². The van der Waals surface area contributed by atoms with Crippen molar-refractivity contribution in [2.24, 2.45) is 5.92 Å². The molecule has 6 heteroatoms. The zero-order valence-electron chi connectivity index (χ0n) is 9.02. The predicted octanol–water partition coefficient (Wildman–Crippen LogP) is 0.870. The maximum absolute atomic E-state index is 11.4. The topological polar surface area (TPSA) is 76.1 Å². The number of aliphatic carboxylic acids is 1. The van der Waals surface area contributed by atoms with Crippen molar-refractivity contribution in [3.05, 3.63) is 0 Å². The third-order valence-electron chi connectivity index (χ3n) is 1.76. The minimum Gasteiger partial charge on any atom is -0.481 e. The van der Waals surface area contributed by atoms with E-state index >= 15 is 0 Å². The van der Waals surface area contributed by atoms with Crippen LogP contribution >= 0.6 is 0 Å². The number of carbonyl (C=O) groups is 2. The van der Waals surface area contributed by atoms with Crippen LogP contribution in [0.15, 0.2) is 0 Å². The summed E-state index contributed by atoms with van der Waals surface area (Å²) in [5.41, 5.74) is -0.609. The molecule has 0 spiro atoms. The molecule has 0 aliphatic carbocycles. The number of carboxylic acids is 1. The fraction of sp³-hybridized carbons (Fsp3) is 0.778. The lowest BCUT2D eigenvalue weighted by molar-refractivity contribution is -0.141. The van der Waals surface area contributed by atoms with E-state index < -0.39 is 23.6 Å². The SMILES string of the molecule is CC(C)(C)OC(=O)N1CC(C(=O)O)CO1. The van der Waals surface area contributed by atoms with E-state index in [2.05, 4.69) is 0 Å². The quantitative estimate of drug-likeness (QED) is 0.705. The minimum absolute atomic E-state index is 0.00851. The van der Waals surface area contributed by atoms with Gasteiger partial charge in [-0.3, -0.25) is 9.63 Å². The molecular weight excluding hydrogens is 202 g/mol. The number of hydrogen-bond acceptors (Lipinski definition) is 4. The van der Waals surface area contributed by atoms with Crippen LogP contribution in [0.5, 0.6) is 0 Å². The average Bonchev–Trinajstić information content (AvgIpc) is 2.47. The van der Waals surface area contributed by atoms with Crippen LogP contribution < -0.4 is 0 Å². The lowest BCUT2D eigenvalue weighted by Gasteiger charge is -2.23. The highest BCUT2D eigenvalue weighted by molar-refractivity contribution is 5.73. The van der Waals surface area contributed by atoms with E-state index in [1.165, 1.54) is 0 Å². The number of nitrogens with zero attached hydrogens (tertiary/aromatic N) is 1. The Morgan fingerprint density at radius 1 is 1.47 bits per heavy atom. The standard InChI is InChI=1S/C9H15NO5/c1-9(2,3)15-8(13)10-4-6(5-14-10)7(11)12/h6H,4-5H2,1-3H3,(H,11,12). The van der Waals surface area contributed by atoms with E-state index in [-0.39, 0.29) is 13.2 Å². The van der Waals surface area contributed by atoms with Gasteiger partial charge >= 0.3 is 12.1 Å². The number of carboxylic acid groups (broad SMARTS) is 1. The summed E-state index contributed by atoms with van der Waals surface area (Å²) in [4.78, 5) is 26.9. The Labute approximate surface area is 87.7 Å². The smallest absolute Gasteiger partial charge is 0.434 e. The Morgan fingerprint density at radius 2 is 2.07 bits per heavy atom. The van der Waals surface area contributed by atoms with Gasteiger partial charge in [-0.2, -0.15) is 5.06 Å². The van der Waals surface area contributed by atoms with Gasteiger partial charge in [0.05, 0.1) is 13.2 Å². The normalized spacial score (nSPS) is 21.5. The van der Waals surface area contributed by atoms with Gasteiger partial charge in [-0.05, 0) is 20.8 Å². The zero-order chi connectivity index (χ0) is 11.6. The Kier molecular flexibility index (Phi) is 3.18. The highest BCUT2D eigenvalue weighted by atomic mass is 16.7. The van der Waals surface area contributed by atoms with Crippen molar-refractivity contribution in [3.8, 4) is 0 Å². The summed E-state index contributed by atoms with van der Waals surface area (Å²) in [6.45, 7) is 5.24. The van der Waals surface area contributed by atoms with Crippen molar-refractivity contribution in [3.63, 3.8) is 0 Å². The maximum atomic E-state index is 11.4. The number of ether oxygens (including phenoxy) is 1. The van der Waals surface area contributed by atoms with Crippen LogP contribution in [0.4, 0.5) is 4.79 Å². The molecule has 1 amide bonds. The fourth-order valence-corrected chi connectivity index (χ4v) is 1.07. The summed E-state index contributed by atoms with van der Waals surface area (Å²) in [7, 11) is 0. The van der Waals surface area contributed by atoms with Crippen LogP contribution in [0.1, 0.15) is 20.8 Å². The molecule has 0 aromatic heterocycles. The van der Waals surface area contributed by atoms with Crippen molar-refractivity contribution in [2.75, 3.05) is 13.2 Å². The maximum Gasteiger partial charge on any atom is 0.434 e. The first-order chi connectivity index (χ1) is 6.79. The van der Waals surface area contributed by atoms with Crippen LogP contribution in [0, 0.1) is 5.92 Å². The molecule has 1 saturated heterocycles. The molecule has 0 saturated carbocycles. The van der Waals surface area contributed by atoms with Crippen molar-refractivity contribution in [1.82, 2.24) is 5.06 Å². The van der Waals surface area contributed by atoms with E-state index in [0.29, 0.717) is 0 Å². The summed E-state index contributed by atoms with van der Waals surface area (Å²) >= 11 is 0. The molecule has 0 aromatic rings. The highest BCUT2D eigenvalue weighted by Gasteiger charge is 2.34. The third kappa shape index (κ3) is 3.39. The molecule has 1 atom stereocenters. The first kappa shape index (κ1) is 11.8. The van der Waals surface area contributed by atoms with E-state index in [0.717, 1.165) is 5.06 Å². The molecule has 6 nitrogen and oxygen atoms in total. The molecule has 1 fully saturated rings. The largest absolute Gasteiger partial charge is 0.481 e. The van der Waals surface area contributed by atoms with Gasteiger partial charge in [0.25, 0.3) is 0 Å². The highest BCUT2D eigenvalue weighted by Crippen LogP contribution is 2.17. The van der Waals surface area contributed by atoms with E-state index in [9.17, 15) is 9.59 Å². The van der Waals surface area contributed by atoms with E-state index in [1.807, 2.05) is 0 Å². The first-order valence-electron chi connectivity index (χ1n) is 4.66. The Morgan fingerprint density at radius 3 is 2.47 bits per heavy atom. The van der Waals surface area contributed by atoms with Crippen LogP contribution in [-0.2, 0) is 14.4 Å². The second-order valence-corrected chi connectivity index (χ2v) is 4.37. The van der Waals surface area contributed by atoms with Crippen LogP contribution in [0.2, 0.25) is 0 Å². The second kappa shape index (κ2) is 4.06. The summed E-state index contributed by atoms with van der Waals surface area (Å²) in [5, 5.41) is 9.64. The van der Waals surface area contributed by atoms with Crippen LogP contribution in [0.25, 0.3) is 0 Å². The molecule has 1 N–H and O–H groups in total. The van der Waals surface area contributed by atoms with Crippen LogP contribution in [-0.4, -0.2) is 41.0 Å². The predicted molar refractivity (Wildman–Crippen MR) is 50.0 cm³/mol. The van der Waals surface area contributed by atoms with Gasteiger partial charge in [0.2, 0.25) is 0 Å². The van der Waals surface area contributed by atoms with Gasteiger partial charge in [-0.15, -0.1) is 0 Å². The van der Waals surface area contributed by atoms with E-state index in [1.54, 1.807) is 20.8 Å². The Hall–Kier alpha value is -1.30. The first-order valence-corrected chi connectivity index (χ1v) is 4.66. The summed E-state index contributed by atoms with van der Waals surface area (Å²) in [6.07, 6.45) is -0.647. The van der Waals surface area contributed by atoms with E-state index in [4.69, 9.17) is 14.7 Å².